The van der Waals surface area contributed by atoms with Crippen LogP contribution in [0, 0.1) is 5.82 Å². The molecule has 0 saturated carbocycles. The number of hydrogen-bond acceptors (Lipinski definition) is 3. The molecule has 3 aromatic rings. The Morgan fingerprint density at radius 1 is 1.06 bits per heavy atom. The molecule has 0 radical (unpaired) electrons. The van der Waals surface area contributed by atoms with Crippen molar-refractivity contribution in [2.24, 2.45) is 4.99 Å². The van der Waals surface area contributed by atoms with Gasteiger partial charge in [-0.05, 0) is 54.7 Å². The van der Waals surface area contributed by atoms with Crippen LogP contribution in [0.5, 0.6) is 0 Å². The van der Waals surface area contributed by atoms with E-state index in [1.165, 1.54) is 11.1 Å². The number of nitrogens with one attached hydrogen (secondary N) is 2. The van der Waals surface area contributed by atoms with E-state index in [1.807, 2.05) is 41.2 Å². The number of hydrogen-bond donors (Lipinski definition) is 2. The van der Waals surface area contributed by atoms with Gasteiger partial charge in [0.25, 0.3) is 0 Å². The first-order valence-corrected chi connectivity index (χ1v) is 11.6. The van der Waals surface area contributed by atoms with Crippen molar-refractivity contribution in [1.29, 1.82) is 0 Å². The molecule has 182 valence electrons. The molecule has 2 aromatic carbocycles. The maximum atomic E-state index is 13.5. The quantitative estimate of drug-likeness (QED) is 0.235. The minimum atomic E-state index is -0.211. The van der Waals surface area contributed by atoms with Crippen molar-refractivity contribution in [1.82, 2.24) is 20.4 Å². The smallest absolute Gasteiger partial charge is 0.191 e. The summed E-state index contributed by atoms with van der Waals surface area (Å²) in [6, 6.07) is 17.2. The van der Waals surface area contributed by atoms with Gasteiger partial charge in [-0.1, -0.05) is 36.4 Å². The highest BCUT2D eigenvalue weighted by atomic mass is 127. The number of aliphatic imine (C=N–C) groups is 1. The molecule has 1 aliphatic rings. The third kappa shape index (κ3) is 6.79. The summed E-state index contributed by atoms with van der Waals surface area (Å²) in [5.41, 5.74) is 3.40. The Labute approximate surface area is 218 Å². The summed E-state index contributed by atoms with van der Waals surface area (Å²) in [5.74, 6) is 0.567. The molecular weight excluding hydrogens is 544 g/mol. The molecule has 1 fully saturated rings. The number of benzene rings is 2. The Bertz CT molecular complexity index is 1030. The Balaban J connectivity index is 0.00000324. The standard InChI is InChI=1S/C26H32FN5O.HI/c1-2-28-25(29-18-21-6-3-4-7-22(21)19-32-15-5-14-31-32)30-20-26(12-16-33-17-13-26)23-8-10-24(27)11-9-23;/h3-11,14-15H,2,12-13,16-20H2,1H3,(H2,28,29,30);1H. The van der Waals surface area contributed by atoms with Crippen LogP contribution in [0.15, 0.2) is 72.0 Å². The molecule has 0 atom stereocenters. The van der Waals surface area contributed by atoms with Crippen LogP contribution in [-0.4, -0.2) is 42.0 Å². The molecule has 0 unspecified atom stereocenters. The van der Waals surface area contributed by atoms with Gasteiger partial charge in [-0.25, -0.2) is 9.38 Å². The lowest BCUT2D eigenvalue weighted by Gasteiger charge is -2.38. The summed E-state index contributed by atoms with van der Waals surface area (Å²) in [4.78, 5) is 4.87. The van der Waals surface area contributed by atoms with Crippen molar-refractivity contribution in [2.75, 3.05) is 26.3 Å². The third-order valence-electron chi connectivity index (χ3n) is 6.26. The highest BCUT2D eigenvalue weighted by Crippen LogP contribution is 2.34. The van der Waals surface area contributed by atoms with Crippen LogP contribution >= 0.6 is 24.0 Å². The van der Waals surface area contributed by atoms with Crippen molar-refractivity contribution in [3.05, 3.63) is 89.5 Å². The summed E-state index contributed by atoms with van der Waals surface area (Å²) in [6.45, 7) is 6.24. The highest BCUT2D eigenvalue weighted by molar-refractivity contribution is 14.0. The van der Waals surface area contributed by atoms with Crippen LogP contribution in [0.3, 0.4) is 0 Å². The number of nitrogens with zero attached hydrogens (tertiary/aromatic N) is 3. The maximum absolute atomic E-state index is 13.5. The number of guanidine groups is 1. The van der Waals surface area contributed by atoms with E-state index in [0.717, 1.165) is 37.5 Å². The molecule has 0 amide bonds. The Kier molecular flexibility index (Phi) is 9.88. The molecule has 34 heavy (non-hydrogen) atoms. The fourth-order valence-electron chi connectivity index (χ4n) is 4.33. The second-order valence-electron chi connectivity index (χ2n) is 8.42. The van der Waals surface area contributed by atoms with E-state index in [2.05, 4.69) is 34.8 Å². The monoisotopic (exact) mass is 577 g/mol. The Morgan fingerprint density at radius 3 is 2.47 bits per heavy atom. The first-order valence-electron chi connectivity index (χ1n) is 11.6. The second kappa shape index (κ2) is 12.9. The predicted molar refractivity (Wildman–Crippen MR) is 144 cm³/mol. The summed E-state index contributed by atoms with van der Waals surface area (Å²) in [6.07, 6.45) is 5.53. The zero-order chi connectivity index (χ0) is 22.9. The van der Waals surface area contributed by atoms with Gasteiger partial charge in [0.1, 0.15) is 5.82 Å². The summed E-state index contributed by atoms with van der Waals surface area (Å²) >= 11 is 0. The van der Waals surface area contributed by atoms with Crippen LogP contribution in [0.25, 0.3) is 0 Å². The number of rotatable bonds is 8. The highest BCUT2D eigenvalue weighted by Gasteiger charge is 2.34. The van der Waals surface area contributed by atoms with Gasteiger partial charge in [0.05, 0.1) is 13.1 Å². The van der Waals surface area contributed by atoms with E-state index >= 15 is 0 Å². The lowest BCUT2D eigenvalue weighted by atomic mass is 9.74. The minimum absolute atomic E-state index is 0. The van der Waals surface area contributed by atoms with Gasteiger partial charge in [-0.2, -0.15) is 5.10 Å². The van der Waals surface area contributed by atoms with Crippen LogP contribution in [0.4, 0.5) is 4.39 Å². The van der Waals surface area contributed by atoms with E-state index in [0.29, 0.717) is 26.3 Å². The van der Waals surface area contributed by atoms with Crippen molar-refractivity contribution >= 4 is 29.9 Å². The molecule has 6 nitrogen and oxygen atoms in total. The van der Waals surface area contributed by atoms with Crippen LogP contribution in [0.1, 0.15) is 36.5 Å². The van der Waals surface area contributed by atoms with Gasteiger partial charge in [0.15, 0.2) is 5.96 Å². The first-order chi connectivity index (χ1) is 16.2. The molecule has 4 rings (SSSR count). The van der Waals surface area contributed by atoms with E-state index in [-0.39, 0.29) is 35.2 Å². The molecule has 1 saturated heterocycles. The molecule has 1 aliphatic heterocycles. The van der Waals surface area contributed by atoms with Gasteiger partial charge < -0.3 is 15.4 Å². The van der Waals surface area contributed by atoms with Gasteiger partial charge >= 0.3 is 0 Å². The second-order valence-corrected chi connectivity index (χ2v) is 8.42. The van der Waals surface area contributed by atoms with E-state index in [1.54, 1.807) is 18.3 Å². The van der Waals surface area contributed by atoms with Gasteiger partial charge in [0.2, 0.25) is 0 Å². The van der Waals surface area contributed by atoms with Crippen molar-refractivity contribution in [3.63, 3.8) is 0 Å². The first kappa shape index (κ1) is 26.2. The molecule has 0 aliphatic carbocycles. The Morgan fingerprint density at radius 2 is 1.79 bits per heavy atom. The largest absolute Gasteiger partial charge is 0.381 e. The molecule has 1 aromatic heterocycles. The number of aromatic nitrogens is 2. The SMILES string of the molecule is CCNC(=NCc1ccccc1Cn1cccn1)NCC1(c2ccc(F)cc2)CCOCC1.I. The zero-order valence-electron chi connectivity index (χ0n) is 19.5. The molecule has 0 bridgehead atoms. The van der Waals surface area contributed by atoms with Gasteiger partial charge in [-0.3, -0.25) is 4.68 Å². The molecule has 2 heterocycles. The zero-order valence-corrected chi connectivity index (χ0v) is 21.9. The van der Waals surface area contributed by atoms with Crippen molar-refractivity contribution in [2.45, 2.75) is 38.3 Å². The summed E-state index contributed by atoms with van der Waals surface area (Å²) in [7, 11) is 0. The fraction of sp³-hybridized carbons (Fsp3) is 0.385. The minimum Gasteiger partial charge on any atom is -0.381 e. The predicted octanol–water partition coefficient (Wildman–Crippen LogP) is 4.49. The number of ether oxygens (including phenoxy) is 1. The fourth-order valence-corrected chi connectivity index (χ4v) is 4.33. The van der Waals surface area contributed by atoms with Gasteiger partial charge in [-0.15, -0.1) is 24.0 Å². The average molecular weight is 577 g/mol. The van der Waals surface area contributed by atoms with Gasteiger partial charge in [0, 0.05) is 44.1 Å². The lowest BCUT2D eigenvalue weighted by Crippen LogP contribution is -2.48. The third-order valence-corrected chi connectivity index (χ3v) is 6.26. The average Bonchev–Trinajstić information content (AvgIpc) is 3.36. The lowest BCUT2D eigenvalue weighted by molar-refractivity contribution is 0.0513. The summed E-state index contributed by atoms with van der Waals surface area (Å²) < 4.78 is 21.1. The normalized spacial score (nSPS) is 15.4. The van der Waals surface area contributed by atoms with Crippen LogP contribution in [-0.2, 0) is 23.2 Å². The van der Waals surface area contributed by atoms with Crippen LogP contribution < -0.4 is 10.6 Å². The summed E-state index contributed by atoms with van der Waals surface area (Å²) in [5, 5.41) is 11.2. The Hall–Kier alpha value is -2.46. The van der Waals surface area contributed by atoms with E-state index in [4.69, 9.17) is 9.73 Å². The van der Waals surface area contributed by atoms with Crippen molar-refractivity contribution in [3.8, 4) is 0 Å². The topological polar surface area (TPSA) is 63.5 Å². The molecular formula is C26H33FIN5O. The van der Waals surface area contributed by atoms with Crippen LogP contribution in [0.2, 0.25) is 0 Å². The van der Waals surface area contributed by atoms with E-state index in [9.17, 15) is 4.39 Å². The van der Waals surface area contributed by atoms with Crippen molar-refractivity contribution < 1.29 is 9.13 Å². The molecule has 0 spiro atoms. The number of halogens is 2. The molecule has 8 heteroatoms. The van der Waals surface area contributed by atoms with E-state index < -0.39 is 0 Å². The maximum Gasteiger partial charge on any atom is 0.191 e. The molecule has 2 N–H and O–H groups in total.